The summed E-state index contributed by atoms with van der Waals surface area (Å²) in [6.45, 7) is 14.7. The molecule has 4 aliphatic carbocycles. The maximum absolute atomic E-state index is 10.8. The summed E-state index contributed by atoms with van der Waals surface area (Å²) in [7, 11) is 0. The fraction of sp³-hybridized carbons (Fsp3) is 0.931. The van der Waals surface area contributed by atoms with E-state index in [2.05, 4.69) is 47.6 Å². The molecule has 0 aromatic rings. The zero-order chi connectivity index (χ0) is 22.6. The summed E-state index contributed by atoms with van der Waals surface area (Å²) >= 11 is 0. The van der Waals surface area contributed by atoms with Gasteiger partial charge in [0, 0.05) is 5.41 Å². The van der Waals surface area contributed by atoms with E-state index in [1.165, 1.54) is 44.9 Å². The Hall–Kier alpha value is -0.340. The Morgan fingerprint density at radius 2 is 1.61 bits per heavy atom. The lowest BCUT2D eigenvalue weighted by molar-refractivity contribution is -0.151. The van der Waals surface area contributed by atoms with E-state index in [0.29, 0.717) is 17.3 Å². The van der Waals surface area contributed by atoms with Crippen LogP contribution in [0.1, 0.15) is 106 Å². The lowest BCUT2D eigenvalue weighted by Crippen LogP contribution is -2.58. The molecule has 9 atom stereocenters. The molecule has 2 N–H and O–H groups in total. The SMILES string of the molecule is CC(C)CCCC(C)C1CCC2C3=CCC4C(C)(CO)C(O)CCC4(C)C3CCC21C. The number of fused-ring (bicyclic) bond motifs is 5. The van der Waals surface area contributed by atoms with Crippen LogP contribution >= 0.6 is 0 Å². The first-order valence-corrected chi connectivity index (χ1v) is 13.6. The van der Waals surface area contributed by atoms with Gasteiger partial charge < -0.3 is 10.2 Å². The van der Waals surface area contributed by atoms with Gasteiger partial charge in [-0.15, -0.1) is 0 Å². The zero-order valence-corrected chi connectivity index (χ0v) is 21.3. The maximum atomic E-state index is 10.8. The highest BCUT2D eigenvalue weighted by atomic mass is 16.3. The van der Waals surface area contributed by atoms with Crippen LogP contribution in [0.15, 0.2) is 11.6 Å². The van der Waals surface area contributed by atoms with Crippen LogP contribution in [0.5, 0.6) is 0 Å². The molecule has 3 fully saturated rings. The van der Waals surface area contributed by atoms with Crippen molar-refractivity contribution in [2.45, 2.75) is 112 Å². The van der Waals surface area contributed by atoms with Crippen molar-refractivity contribution in [3.05, 3.63) is 11.6 Å². The van der Waals surface area contributed by atoms with Crippen LogP contribution in [0.3, 0.4) is 0 Å². The number of allylic oxidation sites excluding steroid dienone is 2. The van der Waals surface area contributed by atoms with Gasteiger partial charge in [0.2, 0.25) is 0 Å². The van der Waals surface area contributed by atoms with Gasteiger partial charge in [-0.05, 0) is 91.3 Å². The van der Waals surface area contributed by atoms with Crippen LogP contribution in [0.25, 0.3) is 0 Å². The highest BCUT2D eigenvalue weighted by molar-refractivity contribution is 5.29. The lowest BCUT2D eigenvalue weighted by Gasteiger charge is -2.62. The Kier molecular flexibility index (Phi) is 6.50. The molecule has 0 heterocycles. The first-order valence-electron chi connectivity index (χ1n) is 13.6. The van der Waals surface area contributed by atoms with E-state index in [0.717, 1.165) is 42.9 Å². The average Bonchev–Trinajstić information content (AvgIpc) is 3.08. The van der Waals surface area contributed by atoms with E-state index in [9.17, 15) is 10.2 Å². The van der Waals surface area contributed by atoms with Crippen molar-refractivity contribution in [1.82, 2.24) is 0 Å². The van der Waals surface area contributed by atoms with Gasteiger partial charge in [0.05, 0.1) is 12.7 Å². The highest BCUT2D eigenvalue weighted by Gasteiger charge is 2.61. The summed E-state index contributed by atoms with van der Waals surface area (Å²) in [5.74, 6) is 4.40. The number of hydrogen-bond acceptors (Lipinski definition) is 2. The van der Waals surface area contributed by atoms with Crippen molar-refractivity contribution in [2.75, 3.05) is 6.61 Å². The summed E-state index contributed by atoms with van der Waals surface area (Å²) in [6.07, 6.45) is 14.9. The number of hydrogen-bond donors (Lipinski definition) is 2. The fourth-order valence-electron chi connectivity index (χ4n) is 9.38. The van der Waals surface area contributed by atoms with Crippen LogP contribution < -0.4 is 0 Å². The summed E-state index contributed by atoms with van der Waals surface area (Å²) in [6, 6.07) is 0. The first-order chi connectivity index (χ1) is 14.6. The van der Waals surface area contributed by atoms with E-state index < -0.39 is 0 Å². The fourth-order valence-corrected chi connectivity index (χ4v) is 9.38. The molecule has 0 aromatic carbocycles. The monoisotopic (exact) mass is 430 g/mol. The number of rotatable bonds is 6. The Morgan fingerprint density at radius 1 is 0.935 bits per heavy atom. The predicted molar refractivity (Wildman–Crippen MR) is 130 cm³/mol. The summed E-state index contributed by atoms with van der Waals surface area (Å²) in [5, 5.41) is 21.1. The van der Waals surface area contributed by atoms with Gasteiger partial charge >= 0.3 is 0 Å². The number of aliphatic hydroxyl groups excluding tert-OH is 2. The Balaban J connectivity index is 1.56. The average molecular weight is 431 g/mol. The van der Waals surface area contributed by atoms with Crippen LogP contribution in [-0.2, 0) is 0 Å². The second-order valence-electron chi connectivity index (χ2n) is 13.4. The molecule has 2 heteroatoms. The molecule has 0 amide bonds. The van der Waals surface area contributed by atoms with Gasteiger partial charge in [-0.25, -0.2) is 0 Å². The molecule has 0 aromatic heterocycles. The minimum absolute atomic E-state index is 0.113. The highest BCUT2D eigenvalue weighted by Crippen LogP contribution is 2.68. The molecule has 3 saturated carbocycles. The third-order valence-corrected chi connectivity index (χ3v) is 11.3. The largest absolute Gasteiger partial charge is 0.396 e. The van der Waals surface area contributed by atoms with Crippen molar-refractivity contribution >= 4 is 0 Å². The van der Waals surface area contributed by atoms with Gasteiger partial charge in [-0.2, -0.15) is 0 Å². The van der Waals surface area contributed by atoms with Crippen LogP contribution in [-0.4, -0.2) is 22.9 Å². The Labute approximate surface area is 192 Å². The number of aliphatic hydroxyl groups is 2. The van der Waals surface area contributed by atoms with Gasteiger partial charge in [0.1, 0.15) is 0 Å². The molecule has 178 valence electrons. The minimum atomic E-state index is -0.359. The smallest absolute Gasteiger partial charge is 0.0618 e. The van der Waals surface area contributed by atoms with E-state index in [4.69, 9.17) is 0 Å². The predicted octanol–water partition coefficient (Wildman–Crippen LogP) is 7.00. The van der Waals surface area contributed by atoms with Crippen LogP contribution in [0.2, 0.25) is 0 Å². The second-order valence-corrected chi connectivity index (χ2v) is 13.4. The standard InChI is InChI=1S/C29H50O2/c1-19(2)8-7-9-20(3)22-11-12-23-21-10-13-25-28(5,24(21)14-16-27(22,23)4)17-15-26(31)29(25,6)18-30/h10,19-20,22-26,30-31H,7-9,11-18H2,1-6H3. The first kappa shape index (κ1) is 23.8. The van der Waals surface area contributed by atoms with Gasteiger partial charge in [0.15, 0.2) is 0 Å². The molecule has 0 spiro atoms. The molecule has 0 aliphatic heterocycles. The normalized spacial score (nSPS) is 48.0. The van der Waals surface area contributed by atoms with Gasteiger partial charge in [-0.3, -0.25) is 0 Å². The quantitative estimate of drug-likeness (QED) is 0.445. The van der Waals surface area contributed by atoms with Gasteiger partial charge in [0.25, 0.3) is 0 Å². The molecule has 0 radical (unpaired) electrons. The molecule has 0 saturated heterocycles. The lowest BCUT2D eigenvalue weighted by atomic mass is 9.43. The topological polar surface area (TPSA) is 40.5 Å². The van der Waals surface area contributed by atoms with Crippen molar-refractivity contribution in [2.24, 2.45) is 51.8 Å². The summed E-state index contributed by atoms with van der Waals surface area (Å²) in [4.78, 5) is 0. The summed E-state index contributed by atoms with van der Waals surface area (Å²) in [5.41, 5.74) is 2.17. The molecule has 4 aliphatic rings. The molecule has 4 rings (SSSR count). The second kappa shape index (κ2) is 8.46. The zero-order valence-electron chi connectivity index (χ0n) is 21.3. The van der Waals surface area contributed by atoms with E-state index in [1.807, 2.05) is 0 Å². The van der Waals surface area contributed by atoms with Crippen molar-refractivity contribution in [3.63, 3.8) is 0 Å². The van der Waals surface area contributed by atoms with E-state index >= 15 is 0 Å². The molecule has 31 heavy (non-hydrogen) atoms. The van der Waals surface area contributed by atoms with E-state index in [-0.39, 0.29) is 23.5 Å². The minimum Gasteiger partial charge on any atom is -0.396 e. The van der Waals surface area contributed by atoms with Crippen molar-refractivity contribution in [1.29, 1.82) is 0 Å². The molecule has 2 nitrogen and oxygen atoms in total. The third kappa shape index (κ3) is 3.67. The van der Waals surface area contributed by atoms with Crippen molar-refractivity contribution < 1.29 is 10.2 Å². The maximum Gasteiger partial charge on any atom is 0.0618 e. The van der Waals surface area contributed by atoms with Crippen LogP contribution in [0.4, 0.5) is 0 Å². The van der Waals surface area contributed by atoms with E-state index in [1.54, 1.807) is 5.57 Å². The van der Waals surface area contributed by atoms with Crippen molar-refractivity contribution in [3.8, 4) is 0 Å². The molecule has 0 bridgehead atoms. The molecular weight excluding hydrogens is 380 g/mol. The molecule has 9 unspecified atom stereocenters. The summed E-state index contributed by atoms with van der Waals surface area (Å²) < 4.78 is 0. The van der Waals surface area contributed by atoms with Crippen LogP contribution in [0, 0.1) is 51.8 Å². The van der Waals surface area contributed by atoms with Gasteiger partial charge in [-0.1, -0.05) is 72.5 Å². The Morgan fingerprint density at radius 3 is 2.29 bits per heavy atom. The Bertz CT molecular complexity index is 682. The molecular formula is C29H50O2. The third-order valence-electron chi connectivity index (χ3n) is 11.3.